The van der Waals surface area contributed by atoms with E-state index in [1.807, 2.05) is 0 Å². The molecule has 1 aliphatic heterocycles. The van der Waals surface area contributed by atoms with Crippen molar-refractivity contribution in [2.24, 2.45) is 5.92 Å². The van der Waals surface area contributed by atoms with Crippen molar-refractivity contribution in [2.45, 2.75) is 39.3 Å². The van der Waals surface area contributed by atoms with Crippen molar-refractivity contribution in [3.05, 3.63) is 42.5 Å². The topological polar surface area (TPSA) is 15.3 Å². The summed E-state index contributed by atoms with van der Waals surface area (Å²) in [5.74, 6) is 0.647. The smallest absolute Gasteiger partial charge is 0.0449 e. The number of hydrogen-bond acceptors (Lipinski definition) is 2. The summed E-state index contributed by atoms with van der Waals surface area (Å²) >= 11 is 0. The third kappa shape index (κ3) is 2.77. The molecule has 0 aliphatic carbocycles. The molecule has 0 radical (unpaired) electrons. The van der Waals surface area contributed by atoms with Crippen molar-refractivity contribution < 1.29 is 0 Å². The van der Waals surface area contributed by atoms with Crippen LogP contribution in [0.1, 0.15) is 27.2 Å². The molecular formula is C19H26N2. The van der Waals surface area contributed by atoms with E-state index in [-0.39, 0.29) is 0 Å². The second kappa shape index (κ2) is 6.07. The van der Waals surface area contributed by atoms with Crippen LogP contribution in [-0.2, 0) is 0 Å². The van der Waals surface area contributed by atoms with Gasteiger partial charge < -0.3 is 10.2 Å². The van der Waals surface area contributed by atoms with Crippen molar-refractivity contribution >= 4 is 16.5 Å². The molecule has 2 aromatic rings. The average Bonchev–Trinajstić information content (AvgIpc) is 2.53. The van der Waals surface area contributed by atoms with E-state index in [1.165, 1.54) is 22.9 Å². The molecule has 0 saturated carbocycles. The SMILES string of the molecule is CCC1CN(c2cccc3ccccc23)C(C(C)C)CN1. The lowest BCUT2D eigenvalue weighted by molar-refractivity contribution is 0.334. The number of piperazine rings is 1. The Labute approximate surface area is 128 Å². The summed E-state index contributed by atoms with van der Waals surface area (Å²) in [4.78, 5) is 2.64. The summed E-state index contributed by atoms with van der Waals surface area (Å²) in [5.41, 5.74) is 1.40. The molecular weight excluding hydrogens is 256 g/mol. The van der Waals surface area contributed by atoms with Crippen molar-refractivity contribution in [2.75, 3.05) is 18.0 Å². The summed E-state index contributed by atoms with van der Waals surface area (Å²) < 4.78 is 0. The molecule has 3 rings (SSSR count). The van der Waals surface area contributed by atoms with Crippen molar-refractivity contribution in [1.82, 2.24) is 5.32 Å². The molecule has 2 nitrogen and oxygen atoms in total. The molecule has 1 aliphatic rings. The molecule has 2 heteroatoms. The first-order chi connectivity index (χ1) is 10.2. The molecule has 0 amide bonds. The fraction of sp³-hybridized carbons (Fsp3) is 0.474. The number of fused-ring (bicyclic) bond motifs is 1. The van der Waals surface area contributed by atoms with E-state index >= 15 is 0 Å². The minimum Gasteiger partial charge on any atom is -0.365 e. The largest absolute Gasteiger partial charge is 0.365 e. The van der Waals surface area contributed by atoms with Gasteiger partial charge in [-0.05, 0) is 23.8 Å². The normalized spacial score (nSPS) is 23.0. The molecule has 2 aromatic carbocycles. The highest BCUT2D eigenvalue weighted by atomic mass is 15.2. The Bertz CT molecular complexity index is 600. The van der Waals surface area contributed by atoms with Crippen LogP contribution in [0.5, 0.6) is 0 Å². The van der Waals surface area contributed by atoms with E-state index in [0.29, 0.717) is 18.0 Å². The lowest BCUT2D eigenvalue weighted by Gasteiger charge is -2.44. The standard InChI is InChI=1S/C19H26N2/c1-4-16-13-21(19(12-20-16)14(2)3)18-11-7-9-15-8-5-6-10-17(15)18/h5-11,14,16,19-20H,4,12-13H2,1-3H3. The number of nitrogens with one attached hydrogen (secondary N) is 1. The van der Waals surface area contributed by atoms with Gasteiger partial charge in [-0.3, -0.25) is 0 Å². The van der Waals surface area contributed by atoms with Gasteiger partial charge >= 0.3 is 0 Å². The Balaban J connectivity index is 2.04. The Hall–Kier alpha value is -1.54. The maximum Gasteiger partial charge on any atom is 0.0449 e. The first-order valence-corrected chi connectivity index (χ1v) is 8.18. The van der Waals surface area contributed by atoms with Crippen molar-refractivity contribution in [3.8, 4) is 0 Å². The number of anilines is 1. The van der Waals surface area contributed by atoms with Gasteiger partial charge in [0.25, 0.3) is 0 Å². The quantitative estimate of drug-likeness (QED) is 0.913. The predicted octanol–water partition coefficient (Wildman–Crippen LogP) is 4.05. The first kappa shape index (κ1) is 14.4. The maximum atomic E-state index is 3.71. The molecule has 1 N–H and O–H groups in total. The van der Waals surface area contributed by atoms with Gasteiger partial charge in [-0.15, -0.1) is 0 Å². The van der Waals surface area contributed by atoms with Crippen LogP contribution in [0.3, 0.4) is 0 Å². The number of benzene rings is 2. The molecule has 0 spiro atoms. The molecule has 1 fully saturated rings. The average molecular weight is 282 g/mol. The van der Waals surface area contributed by atoms with Crippen LogP contribution in [0.25, 0.3) is 10.8 Å². The van der Waals surface area contributed by atoms with Gasteiger partial charge in [0.1, 0.15) is 0 Å². The summed E-state index contributed by atoms with van der Waals surface area (Å²) in [6.07, 6.45) is 1.19. The van der Waals surface area contributed by atoms with Gasteiger partial charge in [-0.1, -0.05) is 57.2 Å². The van der Waals surface area contributed by atoms with Crippen LogP contribution < -0.4 is 10.2 Å². The minimum absolute atomic E-state index is 0.568. The Morgan fingerprint density at radius 3 is 2.67 bits per heavy atom. The van der Waals surface area contributed by atoms with E-state index in [9.17, 15) is 0 Å². The Kier molecular flexibility index (Phi) is 4.16. The van der Waals surface area contributed by atoms with Crippen LogP contribution in [-0.4, -0.2) is 25.2 Å². The zero-order valence-electron chi connectivity index (χ0n) is 13.3. The van der Waals surface area contributed by atoms with Crippen LogP contribution in [0.4, 0.5) is 5.69 Å². The van der Waals surface area contributed by atoms with Gasteiger partial charge in [0.2, 0.25) is 0 Å². The van der Waals surface area contributed by atoms with E-state index in [4.69, 9.17) is 0 Å². The molecule has 0 bridgehead atoms. The minimum atomic E-state index is 0.568. The molecule has 2 atom stereocenters. The molecule has 0 aromatic heterocycles. The van der Waals surface area contributed by atoms with Crippen molar-refractivity contribution in [3.63, 3.8) is 0 Å². The van der Waals surface area contributed by atoms with E-state index in [1.54, 1.807) is 0 Å². The zero-order valence-corrected chi connectivity index (χ0v) is 13.3. The number of rotatable bonds is 3. The van der Waals surface area contributed by atoms with Crippen molar-refractivity contribution in [1.29, 1.82) is 0 Å². The van der Waals surface area contributed by atoms with Crippen LogP contribution >= 0.6 is 0 Å². The molecule has 21 heavy (non-hydrogen) atoms. The van der Waals surface area contributed by atoms with Gasteiger partial charge in [0.15, 0.2) is 0 Å². The third-order valence-electron chi connectivity index (χ3n) is 4.77. The summed E-state index contributed by atoms with van der Waals surface area (Å²) in [7, 11) is 0. The second-order valence-electron chi connectivity index (χ2n) is 6.48. The second-order valence-corrected chi connectivity index (χ2v) is 6.48. The monoisotopic (exact) mass is 282 g/mol. The lowest BCUT2D eigenvalue weighted by Crippen LogP contribution is -2.58. The number of hydrogen-bond donors (Lipinski definition) is 1. The summed E-state index contributed by atoms with van der Waals surface area (Å²) in [6, 6.07) is 16.6. The van der Waals surface area contributed by atoms with Crippen LogP contribution in [0.2, 0.25) is 0 Å². The van der Waals surface area contributed by atoms with E-state index in [0.717, 1.165) is 13.1 Å². The molecule has 2 unspecified atom stereocenters. The molecule has 1 heterocycles. The van der Waals surface area contributed by atoms with E-state index < -0.39 is 0 Å². The molecule has 1 saturated heterocycles. The highest BCUT2D eigenvalue weighted by molar-refractivity contribution is 5.94. The molecule has 112 valence electrons. The Morgan fingerprint density at radius 1 is 1.14 bits per heavy atom. The highest BCUT2D eigenvalue weighted by Crippen LogP contribution is 2.31. The Morgan fingerprint density at radius 2 is 1.90 bits per heavy atom. The van der Waals surface area contributed by atoms with Crippen LogP contribution in [0, 0.1) is 5.92 Å². The third-order valence-corrected chi connectivity index (χ3v) is 4.77. The highest BCUT2D eigenvalue weighted by Gasteiger charge is 2.29. The number of nitrogens with zero attached hydrogens (tertiary/aromatic N) is 1. The van der Waals surface area contributed by atoms with Gasteiger partial charge in [-0.25, -0.2) is 0 Å². The maximum absolute atomic E-state index is 3.71. The van der Waals surface area contributed by atoms with Gasteiger partial charge in [0.05, 0.1) is 0 Å². The summed E-state index contributed by atoms with van der Waals surface area (Å²) in [6.45, 7) is 9.12. The van der Waals surface area contributed by atoms with Gasteiger partial charge in [-0.2, -0.15) is 0 Å². The fourth-order valence-electron chi connectivity index (χ4n) is 3.44. The first-order valence-electron chi connectivity index (χ1n) is 8.18. The van der Waals surface area contributed by atoms with Gasteiger partial charge in [0, 0.05) is 36.2 Å². The predicted molar refractivity (Wildman–Crippen MR) is 92.0 cm³/mol. The fourth-order valence-corrected chi connectivity index (χ4v) is 3.44. The van der Waals surface area contributed by atoms with E-state index in [2.05, 4.69) is 73.5 Å². The zero-order chi connectivity index (χ0) is 14.8. The van der Waals surface area contributed by atoms with Crippen LogP contribution in [0.15, 0.2) is 42.5 Å². The summed E-state index contributed by atoms with van der Waals surface area (Å²) in [5, 5.41) is 6.42. The lowest BCUT2D eigenvalue weighted by atomic mass is 9.95.